The number of carbonyl (C=O) groups excluding carboxylic acids is 3. The van der Waals surface area contributed by atoms with Gasteiger partial charge in [0.25, 0.3) is 11.8 Å². The first-order valence-corrected chi connectivity index (χ1v) is 6.42. The van der Waals surface area contributed by atoms with Gasteiger partial charge in [-0.1, -0.05) is 24.1 Å². The second-order valence-electron chi connectivity index (χ2n) is 4.67. The van der Waals surface area contributed by atoms with Crippen molar-refractivity contribution in [3.8, 4) is 12.3 Å². The predicted molar refractivity (Wildman–Crippen MR) is 86.0 cm³/mol. The summed E-state index contributed by atoms with van der Waals surface area (Å²) in [5.41, 5.74) is 4.68. The molecule has 2 amide bonds. The van der Waals surface area contributed by atoms with E-state index in [0.29, 0.717) is 11.1 Å². The molecule has 1 heterocycles. The van der Waals surface area contributed by atoms with Gasteiger partial charge in [0.15, 0.2) is 5.54 Å². The van der Waals surface area contributed by atoms with Crippen LogP contribution in [0.2, 0.25) is 0 Å². The number of nitrogens with two attached hydrogens (primary N) is 1. The van der Waals surface area contributed by atoms with E-state index in [1.807, 2.05) is 0 Å². The predicted octanol–water partition coefficient (Wildman–Crippen LogP) is 0.764. The highest BCUT2D eigenvalue weighted by atomic mass is 35.5. The summed E-state index contributed by atoms with van der Waals surface area (Å²) in [6.45, 7) is -0.0377. The molecule has 1 unspecified atom stereocenters. The van der Waals surface area contributed by atoms with Crippen LogP contribution in [0.1, 0.15) is 20.7 Å². The van der Waals surface area contributed by atoms with Crippen LogP contribution >= 0.6 is 12.4 Å². The fourth-order valence-electron chi connectivity index (χ4n) is 2.09. The molecule has 1 aromatic carbocycles. The van der Waals surface area contributed by atoms with E-state index in [0.717, 1.165) is 4.90 Å². The molecule has 0 saturated heterocycles. The zero-order valence-corrected chi connectivity index (χ0v) is 13.1. The van der Waals surface area contributed by atoms with Gasteiger partial charge in [-0.05, 0) is 18.2 Å². The van der Waals surface area contributed by atoms with Crippen LogP contribution in [-0.2, 0) is 9.53 Å². The van der Waals surface area contributed by atoms with Gasteiger partial charge in [-0.2, -0.15) is 0 Å². The molecule has 0 radical (unpaired) electrons. The maximum Gasteiger partial charge on any atom is 0.342 e. The minimum Gasteiger partial charge on any atom is -0.467 e. The molecule has 2 rings (SSSR count). The van der Waals surface area contributed by atoms with E-state index in [1.54, 1.807) is 24.3 Å². The van der Waals surface area contributed by atoms with Crippen molar-refractivity contribution >= 4 is 30.2 Å². The minimum absolute atomic E-state index is 0. The Hall–Kier alpha value is -2.62. The number of halogens is 1. The number of carbonyl (C=O) groups is 3. The lowest BCUT2D eigenvalue weighted by Gasteiger charge is -2.16. The van der Waals surface area contributed by atoms with Gasteiger partial charge in [0.05, 0.1) is 18.2 Å². The number of hydrogen-bond donors (Lipinski definition) is 1. The second kappa shape index (κ2) is 7.09. The summed E-state index contributed by atoms with van der Waals surface area (Å²) in [5.74, 6) is 0.531. The molecular weight excluding hydrogens is 320 g/mol. The SMILES string of the molecule is C#CC(N)(C=CCN1C(=O)c2ccccc2C1=O)C(=O)OC.Cl. The van der Waals surface area contributed by atoms with Crippen LogP contribution in [0, 0.1) is 12.3 Å². The number of amides is 2. The second-order valence-corrected chi connectivity index (χ2v) is 4.67. The number of hydrogen-bond acceptors (Lipinski definition) is 5. The fraction of sp³-hybridized carbons (Fsp3) is 0.188. The Morgan fingerprint density at radius 3 is 2.30 bits per heavy atom. The van der Waals surface area contributed by atoms with Crippen molar-refractivity contribution in [2.75, 3.05) is 13.7 Å². The topological polar surface area (TPSA) is 89.7 Å². The maximum absolute atomic E-state index is 12.1. The number of methoxy groups -OCH3 is 1. The quantitative estimate of drug-likeness (QED) is 0.380. The van der Waals surface area contributed by atoms with E-state index in [4.69, 9.17) is 12.2 Å². The van der Waals surface area contributed by atoms with E-state index in [2.05, 4.69) is 10.7 Å². The average molecular weight is 335 g/mol. The van der Waals surface area contributed by atoms with Gasteiger partial charge in [0, 0.05) is 6.54 Å². The summed E-state index contributed by atoms with van der Waals surface area (Å²) >= 11 is 0. The van der Waals surface area contributed by atoms with Crippen molar-refractivity contribution in [3.63, 3.8) is 0 Å². The van der Waals surface area contributed by atoms with Crippen LogP contribution in [0.4, 0.5) is 0 Å². The van der Waals surface area contributed by atoms with Crippen molar-refractivity contribution in [2.45, 2.75) is 5.54 Å². The summed E-state index contributed by atoms with van der Waals surface area (Å²) in [4.78, 5) is 36.8. The third-order valence-electron chi connectivity index (χ3n) is 3.31. The van der Waals surface area contributed by atoms with E-state index in [1.165, 1.54) is 19.3 Å². The van der Waals surface area contributed by atoms with Crippen molar-refractivity contribution in [3.05, 3.63) is 47.5 Å². The normalized spacial score (nSPS) is 15.6. The molecule has 1 aromatic rings. The molecule has 0 bridgehead atoms. The molecule has 23 heavy (non-hydrogen) atoms. The average Bonchev–Trinajstić information content (AvgIpc) is 2.79. The number of benzene rings is 1. The standard InChI is InChI=1S/C16H14N2O4.ClH/c1-3-16(17,15(21)22-2)9-6-10-18-13(19)11-7-4-5-8-12(11)14(18)20;/h1,4-9H,10,17H2,2H3;1H. The molecule has 1 aliphatic heterocycles. The Bertz CT molecular complexity index is 688. The molecule has 6 nitrogen and oxygen atoms in total. The highest BCUT2D eigenvalue weighted by Gasteiger charge is 2.35. The molecule has 0 spiro atoms. The Labute approximate surface area is 139 Å². The molecule has 0 aliphatic carbocycles. The van der Waals surface area contributed by atoms with Gasteiger partial charge < -0.3 is 10.5 Å². The highest BCUT2D eigenvalue weighted by Crippen LogP contribution is 2.22. The van der Waals surface area contributed by atoms with Gasteiger partial charge in [-0.3, -0.25) is 14.5 Å². The number of imide groups is 1. The van der Waals surface area contributed by atoms with Crippen LogP contribution in [0.5, 0.6) is 0 Å². The van der Waals surface area contributed by atoms with Crippen molar-refractivity contribution < 1.29 is 19.1 Å². The Morgan fingerprint density at radius 2 is 1.87 bits per heavy atom. The van der Waals surface area contributed by atoms with E-state index >= 15 is 0 Å². The van der Waals surface area contributed by atoms with Crippen molar-refractivity contribution in [1.29, 1.82) is 0 Å². The van der Waals surface area contributed by atoms with Gasteiger partial charge in [-0.25, -0.2) is 4.79 Å². The number of esters is 1. The lowest BCUT2D eigenvalue weighted by Crippen LogP contribution is -2.45. The highest BCUT2D eigenvalue weighted by molar-refractivity contribution is 6.21. The first-order chi connectivity index (χ1) is 10.4. The molecule has 120 valence electrons. The summed E-state index contributed by atoms with van der Waals surface area (Å²) in [5, 5.41) is 0. The van der Waals surface area contributed by atoms with Crippen molar-refractivity contribution in [1.82, 2.24) is 4.90 Å². The molecule has 0 aromatic heterocycles. The van der Waals surface area contributed by atoms with Crippen LogP contribution in [-0.4, -0.2) is 41.9 Å². The Morgan fingerprint density at radius 1 is 1.35 bits per heavy atom. The number of ether oxygens (including phenoxy) is 1. The minimum atomic E-state index is -1.73. The number of terminal acetylenes is 1. The Kier molecular flexibility index (Phi) is 5.68. The first kappa shape index (κ1) is 18.4. The third kappa shape index (κ3) is 3.26. The number of fused-ring (bicyclic) bond motifs is 1. The third-order valence-corrected chi connectivity index (χ3v) is 3.31. The molecular formula is C16H15ClN2O4. The van der Waals surface area contributed by atoms with Gasteiger partial charge >= 0.3 is 5.97 Å². The molecule has 2 N–H and O–H groups in total. The van der Waals surface area contributed by atoms with Gasteiger partial charge in [-0.15, -0.1) is 18.8 Å². The zero-order chi connectivity index (χ0) is 16.3. The van der Waals surface area contributed by atoms with Gasteiger partial charge in [0.2, 0.25) is 0 Å². The lowest BCUT2D eigenvalue weighted by atomic mass is 10.0. The molecule has 0 saturated carbocycles. The maximum atomic E-state index is 12.1. The largest absolute Gasteiger partial charge is 0.467 e. The summed E-state index contributed by atoms with van der Waals surface area (Å²) < 4.78 is 4.52. The molecule has 1 aliphatic rings. The van der Waals surface area contributed by atoms with Gasteiger partial charge in [0.1, 0.15) is 0 Å². The van der Waals surface area contributed by atoms with E-state index < -0.39 is 23.3 Å². The van der Waals surface area contributed by atoms with Crippen LogP contribution in [0.3, 0.4) is 0 Å². The Balaban J connectivity index is 0.00000264. The fourth-order valence-corrected chi connectivity index (χ4v) is 2.09. The summed E-state index contributed by atoms with van der Waals surface area (Å²) in [6.07, 6.45) is 7.87. The van der Waals surface area contributed by atoms with Crippen LogP contribution in [0.25, 0.3) is 0 Å². The monoisotopic (exact) mass is 334 g/mol. The lowest BCUT2D eigenvalue weighted by molar-refractivity contribution is -0.143. The number of nitrogens with zero attached hydrogens (tertiary/aromatic N) is 1. The van der Waals surface area contributed by atoms with Crippen LogP contribution < -0.4 is 5.73 Å². The summed E-state index contributed by atoms with van der Waals surface area (Å²) in [6, 6.07) is 6.54. The van der Waals surface area contributed by atoms with E-state index in [-0.39, 0.29) is 19.0 Å². The van der Waals surface area contributed by atoms with E-state index in [9.17, 15) is 14.4 Å². The number of rotatable bonds is 4. The molecule has 0 fully saturated rings. The van der Waals surface area contributed by atoms with Crippen molar-refractivity contribution in [2.24, 2.45) is 5.73 Å². The molecule has 7 heteroatoms. The zero-order valence-electron chi connectivity index (χ0n) is 12.3. The molecule has 1 atom stereocenters. The smallest absolute Gasteiger partial charge is 0.342 e. The first-order valence-electron chi connectivity index (χ1n) is 6.42. The van der Waals surface area contributed by atoms with Crippen LogP contribution in [0.15, 0.2) is 36.4 Å². The summed E-state index contributed by atoms with van der Waals surface area (Å²) in [7, 11) is 1.17.